The molecule has 1 aliphatic rings. The van der Waals surface area contributed by atoms with Gasteiger partial charge in [0, 0.05) is 29.3 Å². The Balaban J connectivity index is 0.000000293. The van der Waals surface area contributed by atoms with Crippen LogP contribution >= 0.6 is 11.6 Å². The number of carbonyl (C=O) groups excluding carboxylic acids is 2. The molecule has 2 unspecified atom stereocenters. The van der Waals surface area contributed by atoms with Gasteiger partial charge in [0.1, 0.15) is 0 Å². The van der Waals surface area contributed by atoms with Crippen LogP contribution in [-0.4, -0.2) is 37.4 Å². The Labute approximate surface area is 155 Å². The lowest BCUT2D eigenvalue weighted by molar-refractivity contribution is -0.132. The van der Waals surface area contributed by atoms with Crippen LogP contribution in [0.5, 0.6) is 0 Å². The van der Waals surface area contributed by atoms with Gasteiger partial charge >= 0.3 is 0 Å². The van der Waals surface area contributed by atoms with Crippen LogP contribution in [0.3, 0.4) is 0 Å². The summed E-state index contributed by atoms with van der Waals surface area (Å²) in [5, 5.41) is 10.1. The summed E-state index contributed by atoms with van der Waals surface area (Å²) in [4.78, 5) is 21.3. The van der Waals surface area contributed by atoms with Crippen LogP contribution in [-0.2, 0) is 9.59 Å². The standard InChI is InChI=1S/C12H22N2O2.C7H8ClN/c1-3-6-12(4-2)8-10(5-7-13-12)14-11(16)9-15;1-9-7-4-2-6(8)3-5-7/h9-10,13H,3-8H2,1-2H3,(H,14,16);2-5,9H,1H3. The van der Waals surface area contributed by atoms with Gasteiger partial charge in [-0.15, -0.1) is 0 Å². The topological polar surface area (TPSA) is 70.2 Å². The first-order valence-electron chi connectivity index (χ1n) is 8.92. The van der Waals surface area contributed by atoms with Crippen molar-refractivity contribution in [1.82, 2.24) is 10.6 Å². The molecule has 0 saturated carbocycles. The van der Waals surface area contributed by atoms with Gasteiger partial charge in [-0.25, -0.2) is 0 Å². The maximum Gasteiger partial charge on any atom is 0.284 e. The van der Waals surface area contributed by atoms with Crippen LogP contribution < -0.4 is 16.0 Å². The average molecular weight is 368 g/mol. The number of piperidine rings is 1. The highest BCUT2D eigenvalue weighted by molar-refractivity contribution is 6.30. The number of hydrogen-bond acceptors (Lipinski definition) is 4. The molecule has 6 heteroatoms. The highest BCUT2D eigenvalue weighted by atomic mass is 35.5. The molecule has 0 aliphatic carbocycles. The molecule has 0 radical (unpaired) electrons. The molecule has 25 heavy (non-hydrogen) atoms. The first kappa shape index (κ1) is 21.5. The number of hydrogen-bond donors (Lipinski definition) is 3. The quantitative estimate of drug-likeness (QED) is 0.532. The van der Waals surface area contributed by atoms with E-state index in [-0.39, 0.29) is 11.6 Å². The summed E-state index contributed by atoms with van der Waals surface area (Å²) < 4.78 is 0. The van der Waals surface area contributed by atoms with Crippen molar-refractivity contribution >= 4 is 29.5 Å². The van der Waals surface area contributed by atoms with Crippen LogP contribution in [0, 0.1) is 0 Å². The van der Waals surface area contributed by atoms with E-state index in [2.05, 4.69) is 29.8 Å². The fourth-order valence-corrected chi connectivity index (χ4v) is 3.37. The van der Waals surface area contributed by atoms with E-state index in [1.54, 1.807) is 0 Å². The molecule has 2 atom stereocenters. The van der Waals surface area contributed by atoms with Gasteiger partial charge < -0.3 is 16.0 Å². The van der Waals surface area contributed by atoms with E-state index in [4.69, 9.17) is 11.6 Å². The van der Waals surface area contributed by atoms with Crippen LogP contribution in [0.2, 0.25) is 5.02 Å². The molecular weight excluding hydrogens is 338 g/mol. The van der Waals surface area contributed by atoms with E-state index >= 15 is 0 Å². The van der Waals surface area contributed by atoms with Crippen molar-refractivity contribution in [3.8, 4) is 0 Å². The Morgan fingerprint density at radius 1 is 1.36 bits per heavy atom. The maximum absolute atomic E-state index is 11.0. The predicted octanol–water partition coefficient (Wildman–Crippen LogP) is 3.38. The van der Waals surface area contributed by atoms with E-state index in [0.29, 0.717) is 6.29 Å². The number of nitrogens with one attached hydrogen (secondary N) is 3. The zero-order valence-electron chi connectivity index (χ0n) is 15.4. The van der Waals surface area contributed by atoms with Crippen molar-refractivity contribution in [2.75, 3.05) is 18.9 Å². The second-order valence-electron chi connectivity index (χ2n) is 6.38. The van der Waals surface area contributed by atoms with Gasteiger partial charge in [-0.1, -0.05) is 31.9 Å². The highest BCUT2D eigenvalue weighted by Crippen LogP contribution is 2.27. The van der Waals surface area contributed by atoms with Crippen molar-refractivity contribution in [3.63, 3.8) is 0 Å². The Kier molecular flexibility index (Phi) is 9.53. The number of carbonyl (C=O) groups is 2. The summed E-state index contributed by atoms with van der Waals surface area (Å²) in [5.74, 6) is -0.492. The van der Waals surface area contributed by atoms with Gasteiger partial charge in [0.15, 0.2) is 0 Å². The summed E-state index contributed by atoms with van der Waals surface area (Å²) in [6, 6.07) is 7.72. The van der Waals surface area contributed by atoms with Gasteiger partial charge in [0.2, 0.25) is 6.29 Å². The van der Waals surface area contributed by atoms with Crippen LogP contribution in [0.15, 0.2) is 24.3 Å². The number of anilines is 1. The third kappa shape index (κ3) is 7.45. The Bertz CT molecular complexity index is 532. The minimum absolute atomic E-state index is 0.144. The molecule has 3 N–H and O–H groups in total. The first-order valence-corrected chi connectivity index (χ1v) is 9.30. The zero-order valence-corrected chi connectivity index (χ0v) is 16.2. The van der Waals surface area contributed by atoms with Crippen molar-refractivity contribution in [1.29, 1.82) is 0 Å². The SMILES string of the molecule is CCCC1(CC)CC(NC(=O)C=O)CCN1.CNc1ccc(Cl)cc1. The molecule has 140 valence electrons. The summed E-state index contributed by atoms with van der Waals surface area (Å²) in [5.41, 5.74) is 1.23. The third-order valence-electron chi connectivity index (χ3n) is 4.62. The van der Waals surface area contributed by atoms with E-state index in [9.17, 15) is 9.59 Å². The highest BCUT2D eigenvalue weighted by Gasteiger charge is 2.34. The van der Waals surface area contributed by atoms with E-state index in [0.717, 1.165) is 49.4 Å². The maximum atomic E-state index is 11.0. The Morgan fingerprint density at radius 3 is 2.56 bits per heavy atom. The average Bonchev–Trinajstić information content (AvgIpc) is 2.63. The minimum Gasteiger partial charge on any atom is -0.388 e. The van der Waals surface area contributed by atoms with E-state index < -0.39 is 5.91 Å². The number of halogens is 1. The van der Waals surface area contributed by atoms with Crippen molar-refractivity contribution in [2.45, 2.75) is 57.5 Å². The molecule has 1 amide bonds. The molecule has 1 heterocycles. The lowest BCUT2D eigenvalue weighted by Crippen LogP contribution is -2.56. The summed E-state index contributed by atoms with van der Waals surface area (Å²) in [7, 11) is 1.88. The largest absolute Gasteiger partial charge is 0.388 e. The van der Waals surface area contributed by atoms with Gasteiger partial charge in [0.05, 0.1) is 0 Å². The number of amides is 1. The molecular formula is C19H30ClN3O2. The summed E-state index contributed by atoms with van der Waals surface area (Å²) in [6.45, 7) is 5.26. The molecule has 0 bridgehead atoms. The van der Waals surface area contributed by atoms with Crippen LogP contribution in [0.4, 0.5) is 5.69 Å². The van der Waals surface area contributed by atoms with Gasteiger partial charge in [-0.2, -0.15) is 0 Å². The van der Waals surface area contributed by atoms with E-state index in [1.807, 2.05) is 31.3 Å². The summed E-state index contributed by atoms with van der Waals surface area (Å²) in [6.07, 6.45) is 5.51. The first-order chi connectivity index (χ1) is 12.0. The fourth-order valence-electron chi connectivity index (χ4n) is 3.25. The van der Waals surface area contributed by atoms with Gasteiger partial charge in [-0.05, 0) is 56.5 Å². The fraction of sp³-hybridized carbons (Fsp3) is 0.579. The second kappa shape index (κ2) is 11.1. The second-order valence-corrected chi connectivity index (χ2v) is 6.82. The Hall–Kier alpha value is -1.59. The molecule has 1 aromatic carbocycles. The van der Waals surface area contributed by atoms with E-state index in [1.165, 1.54) is 0 Å². The van der Waals surface area contributed by atoms with Crippen molar-refractivity contribution in [2.24, 2.45) is 0 Å². The minimum atomic E-state index is -0.492. The van der Waals surface area contributed by atoms with Crippen LogP contribution in [0.1, 0.15) is 46.0 Å². The molecule has 5 nitrogen and oxygen atoms in total. The molecule has 0 aromatic heterocycles. The third-order valence-corrected chi connectivity index (χ3v) is 4.87. The van der Waals surface area contributed by atoms with Gasteiger partial charge in [0.25, 0.3) is 5.91 Å². The monoisotopic (exact) mass is 367 g/mol. The lowest BCUT2D eigenvalue weighted by Gasteiger charge is -2.41. The van der Waals surface area contributed by atoms with Crippen molar-refractivity contribution < 1.29 is 9.59 Å². The normalized spacial score (nSPS) is 22.3. The zero-order chi connectivity index (χ0) is 18.7. The number of benzene rings is 1. The number of aldehydes is 1. The Morgan fingerprint density at radius 2 is 2.04 bits per heavy atom. The molecule has 1 fully saturated rings. The molecule has 2 rings (SSSR count). The summed E-state index contributed by atoms with van der Waals surface area (Å²) >= 11 is 5.64. The van der Waals surface area contributed by atoms with Crippen molar-refractivity contribution in [3.05, 3.63) is 29.3 Å². The van der Waals surface area contributed by atoms with Crippen LogP contribution in [0.25, 0.3) is 0 Å². The number of rotatable bonds is 6. The molecule has 1 saturated heterocycles. The molecule has 1 aromatic rings. The molecule has 0 spiro atoms. The lowest BCUT2D eigenvalue weighted by atomic mass is 9.80. The molecule has 1 aliphatic heterocycles. The predicted molar refractivity (Wildman–Crippen MR) is 104 cm³/mol. The van der Waals surface area contributed by atoms with Gasteiger partial charge in [-0.3, -0.25) is 9.59 Å². The smallest absolute Gasteiger partial charge is 0.284 e.